The van der Waals surface area contributed by atoms with Crippen molar-refractivity contribution in [1.82, 2.24) is 5.32 Å². The average molecular weight is 221 g/mol. The van der Waals surface area contributed by atoms with Crippen LogP contribution in [0.15, 0.2) is 30.3 Å². The molecule has 16 heavy (non-hydrogen) atoms. The molecule has 0 unspecified atom stereocenters. The van der Waals surface area contributed by atoms with Crippen molar-refractivity contribution in [1.29, 1.82) is 0 Å². The molecule has 0 aliphatic carbocycles. The van der Waals surface area contributed by atoms with Gasteiger partial charge in [-0.3, -0.25) is 10.1 Å². The molecule has 3 amide bonds. The summed E-state index contributed by atoms with van der Waals surface area (Å²) in [6.45, 7) is 0.531. The first-order valence-electron chi connectivity index (χ1n) is 4.95. The number of primary amides is 1. The van der Waals surface area contributed by atoms with Crippen LogP contribution in [-0.2, 0) is 4.79 Å². The molecule has 0 aromatic heterocycles. The van der Waals surface area contributed by atoms with Gasteiger partial charge in [-0.15, -0.1) is 0 Å². The van der Waals surface area contributed by atoms with Crippen molar-refractivity contribution in [3.05, 3.63) is 30.3 Å². The molecule has 0 aliphatic rings. The summed E-state index contributed by atoms with van der Waals surface area (Å²) in [5.74, 6) is -0.365. The molecule has 0 fully saturated rings. The van der Waals surface area contributed by atoms with E-state index in [0.29, 0.717) is 6.54 Å². The third-order valence-electron chi connectivity index (χ3n) is 2.13. The van der Waals surface area contributed by atoms with E-state index in [1.165, 1.54) is 0 Å². The zero-order valence-corrected chi connectivity index (χ0v) is 9.14. The predicted molar refractivity (Wildman–Crippen MR) is 62.1 cm³/mol. The summed E-state index contributed by atoms with van der Waals surface area (Å²) < 4.78 is 0. The second kappa shape index (κ2) is 5.75. The Hall–Kier alpha value is -2.04. The van der Waals surface area contributed by atoms with Crippen LogP contribution in [0.4, 0.5) is 10.5 Å². The zero-order chi connectivity index (χ0) is 12.0. The molecule has 0 bridgehead atoms. The van der Waals surface area contributed by atoms with Gasteiger partial charge in [-0.05, 0) is 12.1 Å². The van der Waals surface area contributed by atoms with E-state index in [4.69, 9.17) is 5.73 Å². The summed E-state index contributed by atoms with van der Waals surface area (Å²) in [7, 11) is 1.88. The molecule has 5 heteroatoms. The maximum atomic E-state index is 11.2. The van der Waals surface area contributed by atoms with Crippen LogP contribution >= 0.6 is 0 Å². The lowest BCUT2D eigenvalue weighted by Crippen LogP contribution is -2.36. The fourth-order valence-corrected chi connectivity index (χ4v) is 1.28. The highest BCUT2D eigenvalue weighted by atomic mass is 16.2. The van der Waals surface area contributed by atoms with Crippen LogP contribution < -0.4 is 16.0 Å². The topological polar surface area (TPSA) is 75.4 Å². The number of imide groups is 1. The highest BCUT2D eigenvalue weighted by molar-refractivity contribution is 5.93. The number of amides is 3. The Morgan fingerprint density at radius 2 is 1.94 bits per heavy atom. The van der Waals surface area contributed by atoms with E-state index in [1.54, 1.807) is 0 Å². The van der Waals surface area contributed by atoms with Gasteiger partial charge in [0.1, 0.15) is 0 Å². The number of hydrogen-bond acceptors (Lipinski definition) is 3. The van der Waals surface area contributed by atoms with Gasteiger partial charge in [-0.1, -0.05) is 18.2 Å². The molecular weight excluding hydrogens is 206 g/mol. The number of hydrogen-bond donors (Lipinski definition) is 2. The monoisotopic (exact) mass is 221 g/mol. The molecule has 1 aromatic carbocycles. The first-order valence-corrected chi connectivity index (χ1v) is 4.95. The minimum absolute atomic E-state index is 0.230. The molecule has 5 nitrogen and oxygen atoms in total. The summed E-state index contributed by atoms with van der Waals surface area (Å²) in [6.07, 6.45) is 0.230. The molecule has 0 radical (unpaired) electrons. The van der Waals surface area contributed by atoms with Gasteiger partial charge in [0.2, 0.25) is 5.91 Å². The van der Waals surface area contributed by atoms with Gasteiger partial charge in [0.25, 0.3) is 0 Å². The summed E-state index contributed by atoms with van der Waals surface area (Å²) in [5.41, 5.74) is 5.85. The summed E-state index contributed by atoms with van der Waals surface area (Å²) in [5, 5.41) is 2.02. The Kier molecular flexibility index (Phi) is 4.32. The van der Waals surface area contributed by atoms with Gasteiger partial charge >= 0.3 is 6.03 Å². The minimum atomic E-state index is -0.813. The molecule has 0 atom stereocenters. The van der Waals surface area contributed by atoms with Crippen LogP contribution in [-0.4, -0.2) is 25.5 Å². The van der Waals surface area contributed by atoms with E-state index in [2.05, 4.69) is 0 Å². The van der Waals surface area contributed by atoms with Crippen LogP contribution in [0.5, 0.6) is 0 Å². The molecule has 3 N–H and O–H groups in total. The Labute approximate surface area is 94.2 Å². The standard InChI is InChI=1S/C11H15N3O2/c1-14(9-5-3-2-4-6-9)8-7-10(15)13-11(12)16/h2-6H,7-8H2,1H3,(H3,12,13,15,16). The van der Waals surface area contributed by atoms with Gasteiger partial charge in [-0.2, -0.15) is 0 Å². The number of rotatable bonds is 4. The zero-order valence-electron chi connectivity index (χ0n) is 9.14. The number of carbonyl (C=O) groups is 2. The Bertz CT molecular complexity index is 365. The number of urea groups is 1. The molecule has 0 saturated heterocycles. The van der Waals surface area contributed by atoms with Crippen molar-refractivity contribution in [3.8, 4) is 0 Å². The van der Waals surface area contributed by atoms with Crippen molar-refractivity contribution in [3.63, 3.8) is 0 Å². The second-order valence-electron chi connectivity index (χ2n) is 3.42. The van der Waals surface area contributed by atoms with E-state index in [9.17, 15) is 9.59 Å². The highest BCUT2D eigenvalue weighted by Gasteiger charge is 2.06. The molecule has 0 heterocycles. The fraction of sp³-hybridized carbons (Fsp3) is 0.273. The lowest BCUT2D eigenvalue weighted by molar-refractivity contribution is -0.119. The van der Waals surface area contributed by atoms with E-state index < -0.39 is 6.03 Å². The number of benzene rings is 1. The van der Waals surface area contributed by atoms with E-state index >= 15 is 0 Å². The van der Waals surface area contributed by atoms with Crippen molar-refractivity contribution in [2.75, 3.05) is 18.5 Å². The van der Waals surface area contributed by atoms with E-state index in [-0.39, 0.29) is 12.3 Å². The third kappa shape index (κ3) is 4.00. The van der Waals surface area contributed by atoms with Crippen molar-refractivity contribution in [2.45, 2.75) is 6.42 Å². The van der Waals surface area contributed by atoms with Gasteiger partial charge in [0.15, 0.2) is 0 Å². The maximum absolute atomic E-state index is 11.2. The van der Waals surface area contributed by atoms with Gasteiger partial charge in [-0.25, -0.2) is 4.79 Å². The van der Waals surface area contributed by atoms with Crippen LogP contribution in [0.25, 0.3) is 0 Å². The lowest BCUT2D eigenvalue weighted by atomic mass is 10.3. The van der Waals surface area contributed by atoms with Gasteiger partial charge in [0, 0.05) is 25.7 Å². The fourth-order valence-electron chi connectivity index (χ4n) is 1.28. The number of nitrogens with zero attached hydrogens (tertiary/aromatic N) is 1. The van der Waals surface area contributed by atoms with E-state index in [1.807, 2.05) is 47.6 Å². The number of para-hydroxylation sites is 1. The van der Waals surface area contributed by atoms with Gasteiger partial charge in [0.05, 0.1) is 0 Å². The first-order chi connectivity index (χ1) is 7.59. The average Bonchev–Trinajstić information content (AvgIpc) is 2.26. The third-order valence-corrected chi connectivity index (χ3v) is 2.13. The summed E-state index contributed by atoms with van der Waals surface area (Å²) in [4.78, 5) is 23.5. The van der Waals surface area contributed by atoms with Crippen LogP contribution in [0, 0.1) is 0 Å². The summed E-state index contributed by atoms with van der Waals surface area (Å²) >= 11 is 0. The first kappa shape index (κ1) is 12.0. The normalized spacial score (nSPS) is 9.56. The Balaban J connectivity index is 2.39. The van der Waals surface area contributed by atoms with Crippen molar-refractivity contribution < 1.29 is 9.59 Å². The number of nitrogens with two attached hydrogens (primary N) is 1. The number of nitrogens with one attached hydrogen (secondary N) is 1. The minimum Gasteiger partial charge on any atom is -0.374 e. The number of anilines is 1. The summed E-state index contributed by atoms with van der Waals surface area (Å²) in [6, 6.07) is 8.87. The van der Waals surface area contributed by atoms with Crippen molar-refractivity contribution >= 4 is 17.6 Å². The molecular formula is C11H15N3O2. The molecule has 1 aromatic rings. The predicted octanol–water partition coefficient (Wildman–Crippen LogP) is 0.708. The van der Waals surface area contributed by atoms with Crippen molar-refractivity contribution in [2.24, 2.45) is 5.73 Å². The molecule has 0 aliphatic heterocycles. The molecule has 0 spiro atoms. The SMILES string of the molecule is CN(CCC(=O)NC(N)=O)c1ccccc1. The quantitative estimate of drug-likeness (QED) is 0.786. The van der Waals surface area contributed by atoms with Crippen LogP contribution in [0.2, 0.25) is 0 Å². The highest BCUT2D eigenvalue weighted by Crippen LogP contribution is 2.10. The largest absolute Gasteiger partial charge is 0.374 e. The van der Waals surface area contributed by atoms with Gasteiger partial charge < -0.3 is 10.6 Å². The molecule has 0 saturated carbocycles. The van der Waals surface area contributed by atoms with Crippen LogP contribution in [0.3, 0.4) is 0 Å². The number of carbonyl (C=O) groups excluding carboxylic acids is 2. The van der Waals surface area contributed by atoms with E-state index in [0.717, 1.165) is 5.69 Å². The lowest BCUT2D eigenvalue weighted by Gasteiger charge is -2.18. The molecule has 1 rings (SSSR count). The second-order valence-corrected chi connectivity index (χ2v) is 3.42. The maximum Gasteiger partial charge on any atom is 0.318 e. The Morgan fingerprint density at radius 3 is 2.50 bits per heavy atom. The smallest absolute Gasteiger partial charge is 0.318 e. The Morgan fingerprint density at radius 1 is 1.31 bits per heavy atom. The van der Waals surface area contributed by atoms with Crippen LogP contribution in [0.1, 0.15) is 6.42 Å². The molecule has 86 valence electrons.